The van der Waals surface area contributed by atoms with Crippen LogP contribution in [0.3, 0.4) is 0 Å². The highest BCUT2D eigenvalue weighted by Gasteiger charge is 2.08. The first-order chi connectivity index (χ1) is 11.2. The van der Waals surface area contributed by atoms with Gasteiger partial charge in [0.2, 0.25) is 0 Å². The van der Waals surface area contributed by atoms with Gasteiger partial charge < -0.3 is 10.1 Å². The summed E-state index contributed by atoms with van der Waals surface area (Å²) in [5, 5.41) is 4.03. The molecule has 4 nitrogen and oxygen atoms in total. The largest absolute Gasteiger partial charge is 0.484 e. The number of ether oxygens (including phenoxy) is 1. The molecule has 0 fully saturated rings. The highest BCUT2D eigenvalue weighted by Crippen LogP contribution is 2.25. The zero-order valence-corrected chi connectivity index (χ0v) is 13.6. The number of carbonyl (C=O) groups excluding carboxylic acids is 1. The molecule has 2 aromatic carbocycles. The summed E-state index contributed by atoms with van der Waals surface area (Å²) in [7, 11) is 0. The Labute approximate surface area is 142 Å². The second-order valence-corrected chi connectivity index (χ2v) is 5.98. The van der Waals surface area contributed by atoms with Gasteiger partial charge in [-0.1, -0.05) is 48.0 Å². The highest BCUT2D eigenvalue weighted by molar-refractivity contribution is 7.10. The van der Waals surface area contributed by atoms with Gasteiger partial charge in [0.15, 0.2) is 6.61 Å². The van der Waals surface area contributed by atoms with Crippen LogP contribution >= 0.6 is 23.1 Å². The molecule has 0 spiro atoms. The van der Waals surface area contributed by atoms with E-state index < -0.39 is 0 Å². The van der Waals surface area contributed by atoms with E-state index in [9.17, 15) is 4.79 Å². The van der Waals surface area contributed by atoms with Crippen molar-refractivity contribution in [1.29, 1.82) is 0 Å². The maximum Gasteiger partial charge on any atom is 0.262 e. The van der Waals surface area contributed by atoms with Crippen LogP contribution in [0.5, 0.6) is 5.75 Å². The molecule has 3 rings (SSSR count). The molecular formula is C17H13ClN2O2S. The average molecular weight is 345 g/mol. The molecule has 116 valence electrons. The maximum absolute atomic E-state index is 11.9. The first kappa shape index (κ1) is 15.5. The molecule has 0 radical (unpaired) electrons. The van der Waals surface area contributed by atoms with Crippen molar-refractivity contribution in [3.63, 3.8) is 0 Å². The molecule has 23 heavy (non-hydrogen) atoms. The standard InChI is InChI=1S/C17H13ClN2O2S/c18-13-7-4-8-14(9-13)22-11-16(21)19-17-10-15(20-23-17)12-5-2-1-3-6-12/h1-10H,11H2,(H,19,21). The molecule has 0 unspecified atom stereocenters. The van der Waals surface area contributed by atoms with Gasteiger partial charge in [-0.05, 0) is 29.7 Å². The van der Waals surface area contributed by atoms with Crippen molar-refractivity contribution in [2.75, 3.05) is 11.9 Å². The summed E-state index contributed by atoms with van der Waals surface area (Å²) < 4.78 is 9.74. The summed E-state index contributed by atoms with van der Waals surface area (Å²) in [4.78, 5) is 11.9. The molecule has 0 saturated heterocycles. The SMILES string of the molecule is O=C(COc1cccc(Cl)c1)Nc1cc(-c2ccccc2)ns1. The summed E-state index contributed by atoms with van der Waals surface area (Å²) in [5.41, 5.74) is 1.85. The summed E-state index contributed by atoms with van der Waals surface area (Å²) in [6.07, 6.45) is 0. The van der Waals surface area contributed by atoms with E-state index in [0.29, 0.717) is 15.8 Å². The molecule has 0 aliphatic carbocycles. The Morgan fingerprint density at radius 2 is 1.96 bits per heavy atom. The minimum absolute atomic E-state index is 0.0844. The predicted molar refractivity (Wildman–Crippen MR) is 93.1 cm³/mol. The fourth-order valence-electron chi connectivity index (χ4n) is 1.96. The fourth-order valence-corrected chi connectivity index (χ4v) is 2.82. The smallest absolute Gasteiger partial charge is 0.262 e. The molecule has 0 aliphatic heterocycles. The van der Waals surface area contributed by atoms with E-state index in [0.717, 1.165) is 11.3 Å². The zero-order valence-electron chi connectivity index (χ0n) is 12.0. The highest BCUT2D eigenvalue weighted by atomic mass is 35.5. The van der Waals surface area contributed by atoms with Crippen molar-refractivity contribution in [1.82, 2.24) is 4.37 Å². The number of amides is 1. The van der Waals surface area contributed by atoms with Crippen LogP contribution in [0.4, 0.5) is 5.00 Å². The Balaban J connectivity index is 1.57. The number of nitrogens with one attached hydrogen (secondary N) is 1. The molecule has 0 atom stereocenters. The van der Waals surface area contributed by atoms with Crippen molar-refractivity contribution in [3.05, 3.63) is 65.7 Å². The van der Waals surface area contributed by atoms with Gasteiger partial charge in [0.25, 0.3) is 5.91 Å². The topological polar surface area (TPSA) is 51.2 Å². The number of carbonyl (C=O) groups is 1. The van der Waals surface area contributed by atoms with Crippen molar-refractivity contribution in [2.45, 2.75) is 0 Å². The third-order valence-electron chi connectivity index (χ3n) is 3.01. The van der Waals surface area contributed by atoms with Crippen LogP contribution in [0, 0.1) is 0 Å². The summed E-state index contributed by atoms with van der Waals surface area (Å²) in [6.45, 7) is -0.0844. The first-order valence-electron chi connectivity index (χ1n) is 6.91. The number of rotatable bonds is 5. The van der Waals surface area contributed by atoms with Gasteiger partial charge in [0.05, 0.1) is 5.69 Å². The van der Waals surface area contributed by atoms with E-state index in [1.54, 1.807) is 24.3 Å². The number of hydrogen-bond acceptors (Lipinski definition) is 4. The average Bonchev–Trinajstić information content (AvgIpc) is 3.02. The molecule has 3 aromatic rings. The lowest BCUT2D eigenvalue weighted by Gasteiger charge is -2.06. The Morgan fingerprint density at radius 1 is 1.13 bits per heavy atom. The van der Waals surface area contributed by atoms with Crippen molar-refractivity contribution in [2.24, 2.45) is 0 Å². The van der Waals surface area contributed by atoms with E-state index in [1.807, 2.05) is 36.4 Å². The molecule has 0 saturated carbocycles. The van der Waals surface area contributed by atoms with Gasteiger partial charge in [-0.15, -0.1) is 0 Å². The molecule has 6 heteroatoms. The normalized spacial score (nSPS) is 10.3. The second kappa shape index (κ2) is 7.26. The molecular weight excluding hydrogens is 332 g/mol. The van der Waals surface area contributed by atoms with E-state index in [2.05, 4.69) is 9.69 Å². The minimum atomic E-state index is -0.242. The number of nitrogens with zero attached hydrogens (tertiary/aromatic N) is 1. The number of aromatic nitrogens is 1. The molecule has 1 amide bonds. The molecule has 1 heterocycles. The van der Waals surface area contributed by atoms with E-state index in [-0.39, 0.29) is 12.5 Å². The third kappa shape index (κ3) is 4.31. The lowest BCUT2D eigenvalue weighted by atomic mass is 10.2. The fraction of sp³-hybridized carbons (Fsp3) is 0.0588. The van der Waals surface area contributed by atoms with E-state index >= 15 is 0 Å². The van der Waals surface area contributed by atoms with Gasteiger partial charge in [-0.25, -0.2) is 0 Å². The Bertz CT molecular complexity index is 805. The van der Waals surface area contributed by atoms with E-state index in [4.69, 9.17) is 16.3 Å². The predicted octanol–water partition coefficient (Wildman–Crippen LogP) is 4.48. The molecule has 0 bridgehead atoms. The van der Waals surface area contributed by atoms with Crippen molar-refractivity contribution >= 4 is 34.0 Å². The number of benzene rings is 2. The number of halogens is 1. The van der Waals surface area contributed by atoms with Crippen LogP contribution in [0.15, 0.2) is 60.7 Å². The van der Waals surface area contributed by atoms with Gasteiger partial charge >= 0.3 is 0 Å². The lowest BCUT2D eigenvalue weighted by Crippen LogP contribution is -2.19. The van der Waals surface area contributed by atoms with Crippen LogP contribution in [0.25, 0.3) is 11.3 Å². The quantitative estimate of drug-likeness (QED) is 0.742. The van der Waals surface area contributed by atoms with Crippen molar-refractivity contribution < 1.29 is 9.53 Å². The van der Waals surface area contributed by atoms with Crippen LogP contribution in [-0.4, -0.2) is 16.9 Å². The summed E-state index contributed by atoms with van der Waals surface area (Å²) in [5.74, 6) is 0.315. The van der Waals surface area contributed by atoms with E-state index in [1.165, 1.54) is 11.5 Å². The van der Waals surface area contributed by atoms with Gasteiger partial charge in [0.1, 0.15) is 10.8 Å². The second-order valence-electron chi connectivity index (χ2n) is 4.74. The number of anilines is 1. The van der Waals surface area contributed by atoms with Crippen LogP contribution in [0.2, 0.25) is 5.02 Å². The summed E-state index contributed by atoms with van der Waals surface area (Å²) in [6, 6.07) is 18.6. The van der Waals surface area contributed by atoms with Crippen LogP contribution < -0.4 is 10.1 Å². The monoisotopic (exact) mass is 344 g/mol. The Kier molecular flexibility index (Phi) is 4.90. The van der Waals surface area contributed by atoms with Gasteiger partial charge in [-0.2, -0.15) is 4.37 Å². The zero-order chi connectivity index (χ0) is 16.1. The minimum Gasteiger partial charge on any atom is -0.484 e. The Morgan fingerprint density at radius 3 is 2.74 bits per heavy atom. The summed E-state index contributed by atoms with van der Waals surface area (Å²) >= 11 is 7.10. The maximum atomic E-state index is 11.9. The molecule has 1 aromatic heterocycles. The lowest BCUT2D eigenvalue weighted by molar-refractivity contribution is -0.118. The van der Waals surface area contributed by atoms with Gasteiger partial charge in [-0.3, -0.25) is 4.79 Å². The third-order valence-corrected chi connectivity index (χ3v) is 3.95. The van der Waals surface area contributed by atoms with Gasteiger partial charge in [0, 0.05) is 16.7 Å². The van der Waals surface area contributed by atoms with Crippen LogP contribution in [-0.2, 0) is 4.79 Å². The van der Waals surface area contributed by atoms with Crippen molar-refractivity contribution in [3.8, 4) is 17.0 Å². The number of hydrogen-bond donors (Lipinski definition) is 1. The Hall–Kier alpha value is -2.37. The molecule has 0 aliphatic rings. The molecule has 1 N–H and O–H groups in total. The first-order valence-corrected chi connectivity index (χ1v) is 8.06. The van der Waals surface area contributed by atoms with Crippen LogP contribution in [0.1, 0.15) is 0 Å².